The summed E-state index contributed by atoms with van der Waals surface area (Å²) in [7, 11) is 1.56. The molecule has 2 rings (SSSR count). The van der Waals surface area contributed by atoms with Crippen molar-refractivity contribution in [1.29, 1.82) is 0 Å². The Labute approximate surface area is 119 Å². The van der Waals surface area contributed by atoms with Gasteiger partial charge in [-0.15, -0.1) is 11.3 Å². The molecule has 2 heterocycles. The molecule has 0 unspecified atom stereocenters. The van der Waals surface area contributed by atoms with Crippen LogP contribution in [0.15, 0.2) is 26.8 Å². The van der Waals surface area contributed by atoms with Crippen molar-refractivity contribution < 1.29 is 14.1 Å². The zero-order chi connectivity index (χ0) is 14.5. The molecule has 1 N–H and O–H groups in total. The van der Waals surface area contributed by atoms with Gasteiger partial charge in [0.05, 0.1) is 11.5 Å². The van der Waals surface area contributed by atoms with E-state index < -0.39 is 5.76 Å². The molecule has 0 aliphatic heterocycles. The van der Waals surface area contributed by atoms with Gasteiger partial charge < -0.3 is 10.1 Å². The fraction of sp³-hybridized carbons (Fsp3) is 0.417. The molecule has 2 aromatic rings. The van der Waals surface area contributed by atoms with Crippen molar-refractivity contribution >= 4 is 17.2 Å². The molecule has 0 saturated heterocycles. The smallest absolute Gasteiger partial charge is 0.383 e. The number of aromatic nitrogens is 2. The Morgan fingerprint density at radius 2 is 2.45 bits per heavy atom. The number of amides is 1. The summed E-state index contributed by atoms with van der Waals surface area (Å²) < 4.78 is 10.8. The van der Waals surface area contributed by atoms with Gasteiger partial charge in [-0.3, -0.25) is 9.32 Å². The molecule has 1 amide bonds. The molecule has 0 aromatic carbocycles. The van der Waals surface area contributed by atoms with Crippen LogP contribution in [0.25, 0.3) is 10.7 Å². The van der Waals surface area contributed by atoms with Crippen LogP contribution in [0.5, 0.6) is 0 Å². The molecule has 0 fully saturated rings. The van der Waals surface area contributed by atoms with Gasteiger partial charge in [-0.1, -0.05) is 11.2 Å². The van der Waals surface area contributed by atoms with Crippen molar-refractivity contribution in [3.05, 3.63) is 28.1 Å². The summed E-state index contributed by atoms with van der Waals surface area (Å²) in [4.78, 5) is 24.3. The van der Waals surface area contributed by atoms with E-state index in [9.17, 15) is 9.59 Å². The first-order valence-electron chi connectivity index (χ1n) is 6.00. The Bertz CT molecular complexity index is 617. The van der Waals surface area contributed by atoms with Gasteiger partial charge in [0.2, 0.25) is 5.91 Å². The van der Waals surface area contributed by atoms with E-state index in [1.807, 2.05) is 24.4 Å². The molecule has 0 radical (unpaired) electrons. The normalized spacial score (nSPS) is 12.3. The summed E-state index contributed by atoms with van der Waals surface area (Å²) in [6.45, 7) is 2.09. The minimum atomic E-state index is -0.650. The highest BCUT2D eigenvalue weighted by atomic mass is 32.1. The van der Waals surface area contributed by atoms with Crippen molar-refractivity contribution in [2.24, 2.45) is 0 Å². The van der Waals surface area contributed by atoms with Crippen molar-refractivity contribution in [2.45, 2.75) is 19.5 Å². The summed E-state index contributed by atoms with van der Waals surface area (Å²) in [5, 5.41) is 8.30. The van der Waals surface area contributed by atoms with Crippen LogP contribution < -0.4 is 11.1 Å². The lowest BCUT2D eigenvalue weighted by atomic mass is 10.3. The maximum Gasteiger partial charge on any atom is 0.442 e. The first-order chi connectivity index (χ1) is 9.61. The van der Waals surface area contributed by atoms with Crippen LogP contribution >= 0.6 is 11.3 Å². The molecular weight excluding hydrogens is 282 g/mol. The van der Waals surface area contributed by atoms with Gasteiger partial charge in [-0.05, 0) is 18.4 Å². The zero-order valence-electron chi connectivity index (χ0n) is 11.2. The predicted molar refractivity (Wildman–Crippen MR) is 73.6 cm³/mol. The van der Waals surface area contributed by atoms with Gasteiger partial charge in [-0.25, -0.2) is 9.36 Å². The molecule has 2 aromatic heterocycles. The minimum absolute atomic E-state index is 0.131. The zero-order valence-corrected chi connectivity index (χ0v) is 12.0. The first kappa shape index (κ1) is 14.5. The van der Waals surface area contributed by atoms with Crippen molar-refractivity contribution in [2.75, 3.05) is 13.7 Å². The summed E-state index contributed by atoms with van der Waals surface area (Å²) in [6.07, 6.45) is 0. The average Bonchev–Trinajstić information content (AvgIpc) is 3.00. The van der Waals surface area contributed by atoms with Crippen molar-refractivity contribution in [3.8, 4) is 10.7 Å². The van der Waals surface area contributed by atoms with Gasteiger partial charge in [-0.2, -0.15) is 0 Å². The number of thiophene rings is 1. The number of rotatable bonds is 6. The number of carbonyl (C=O) groups excluding carboxylic acids is 1. The Hall–Kier alpha value is -1.93. The molecule has 8 heteroatoms. The summed E-state index contributed by atoms with van der Waals surface area (Å²) in [6, 6.07) is 3.52. The minimum Gasteiger partial charge on any atom is -0.383 e. The largest absolute Gasteiger partial charge is 0.442 e. The third-order valence-electron chi connectivity index (χ3n) is 2.55. The number of methoxy groups -OCH3 is 1. The lowest BCUT2D eigenvalue weighted by Crippen LogP contribution is -2.39. The quantitative estimate of drug-likeness (QED) is 0.849. The monoisotopic (exact) mass is 297 g/mol. The van der Waals surface area contributed by atoms with Crippen LogP contribution in [0, 0.1) is 0 Å². The second kappa shape index (κ2) is 6.49. The average molecular weight is 297 g/mol. The van der Waals surface area contributed by atoms with Gasteiger partial charge in [0, 0.05) is 13.2 Å². The lowest BCUT2D eigenvalue weighted by Gasteiger charge is -2.12. The highest BCUT2D eigenvalue weighted by Crippen LogP contribution is 2.21. The molecule has 0 saturated carbocycles. The molecular formula is C12H15N3O4S. The molecule has 20 heavy (non-hydrogen) atoms. The highest BCUT2D eigenvalue weighted by molar-refractivity contribution is 7.13. The summed E-state index contributed by atoms with van der Waals surface area (Å²) >= 11 is 1.42. The van der Waals surface area contributed by atoms with Crippen LogP contribution in [-0.2, 0) is 16.1 Å². The SMILES string of the molecule is COC[C@@H](C)NC(=O)Cn1c(-c2cccs2)noc1=O. The Balaban J connectivity index is 2.12. The second-order valence-corrected chi connectivity index (χ2v) is 5.21. The number of hydrogen-bond acceptors (Lipinski definition) is 6. The number of nitrogens with zero attached hydrogens (tertiary/aromatic N) is 2. The Morgan fingerprint density at radius 3 is 3.10 bits per heavy atom. The van der Waals surface area contributed by atoms with Crippen molar-refractivity contribution in [3.63, 3.8) is 0 Å². The molecule has 0 aliphatic rings. The maximum absolute atomic E-state index is 11.9. The summed E-state index contributed by atoms with van der Waals surface area (Å²) in [5.74, 6) is -0.583. The van der Waals surface area contributed by atoms with Gasteiger partial charge in [0.15, 0.2) is 5.82 Å². The number of ether oxygens (including phenoxy) is 1. The Kier molecular flexibility index (Phi) is 4.70. The molecule has 108 valence electrons. The van der Waals surface area contributed by atoms with E-state index in [-0.39, 0.29) is 18.5 Å². The van der Waals surface area contributed by atoms with E-state index in [0.717, 1.165) is 4.88 Å². The Morgan fingerprint density at radius 1 is 1.65 bits per heavy atom. The van der Waals surface area contributed by atoms with E-state index in [0.29, 0.717) is 12.4 Å². The first-order valence-corrected chi connectivity index (χ1v) is 6.88. The van der Waals surface area contributed by atoms with E-state index in [4.69, 9.17) is 4.74 Å². The van der Waals surface area contributed by atoms with E-state index in [1.54, 1.807) is 7.11 Å². The molecule has 0 bridgehead atoms. The summed E-state index contributed by atoms with van der Waals surface area (Å²) in [5.41, 5.74) is 0. The number of carbonyl (C=O) groups is 1. The van der Waals surface area contributed by atoms with E-state index in [2.05, 4.69) is 15.0 Å². The molecule has 0 spiro atoms. The second-order valence-electron chi connectivity index (χ2n) is 4.26. The standard InChI is InChI=1S/C12H15N3O4S/c1-8(7-18-2)13-10(16)6-15-11(14-19-12(15)17)9-4-3-5-20-9/h3-5,8H,6-7H2,1-2H3,(H,13,16)/t8-/m1/s1. The lowest BCUT2D eigenvalue weighted by molar-refractivity contribution is -0.122. The molecule has 0 aliphatic carbocycles. The topological polar surface area (TPSA) is 86.4 Å². The van der Waals surface area contributed by atoms with Crippen LogP contribution in [0.3, 0.4) is 0 Å². The van der Waals surface area contributed by atoms with E-state index in [1.165, 1.54) is 15.9 Å². The van der Waals surface area contributed by atoms with Gasteiger partial charge in [0.1, 0.15) is 6.54 Å². The third kappa shape index (κ3) is 3.34. The number of hydrogen-bond donors (Lipinski definition) is 1. The van der Waals surface area contributed by atoms with Crippen LogP contribution in [0.4, 0.5) is 0 Å². The van der Waals surface area contributed by atoms with Crippen LogP contribution in [0.1, 0.15) is 6.92 Å². The third-order valence-corrected chi connectivity index (χ3v) is 3.42. The number of nitrogens with one attached hydrogen (secondary N) is 1. The van der Waals surface area contributed by atoms with Gasteiger partial charge in [0.25, 0.3) is 0 Å². The van der Waals surface area contributed by atoms with Gasteiger partial charge >= 0.3 is 5.76 Å². The van der Waals surface area contributed by atoms with Crippen molar-refractivity contribution in [1.82, 2.24) is 15.0 Å². The van der Waals surface area contributed by atoms with Crippen LogP contribution in [-0.4, -0.2) is 35.4 Å². The molecule has 7 nitrogen and oxygen atoms in total. The predicted octanol–water partition coefficient (Wildman–Crippen LogP) is 0.716. The fourth-order valence-corrected chi connectivity index (χ4v) is 2.46. The molecule has 1 atom stereocenters. The van der Waals surface area contributed by atoms with Crippen LogP contribution in [0.2, 0.25) is 0 Å². The fourth-order valence-electron chi connectivity index (χ4n) is 1.75. The maximum atomic E-state index is 11.9. The van der Waals surface area contributed by atoms with E-state index >= 15 is 0 Å². The highest BCUT2D eigenvalue weighted by Gasteiger charge is 2.17.